The highest BCUT2D eigenvalue weighted by Gasteiger charge is 2.32. The summed E-state index contributed by atoms with van der Waals surface area (Å²) in [5.41, 5.74) is 3.36. The van der Waals surface area contributed by atoms with Gasteiger partial charge in [0.1, 0.15) is 11.6 Å². The van der Waals surface area contributed by atoms with Crippen molar-refractivity contribution in [2.24, 2.45) is 0 Å². The van der Waals surface area contributed by atoms with E-state index in [2.05, 4.69) is 17.4 Å². The highest BCUT2D eigenvalue weighted by Crippen LogP contribution is 2.38. The summed E-state index contributed by atoms with van der Waals surface area (Å²) in [5.74, 6) is 1.27. The predicted molar refractivity (Wildman–Crippen MR) is 79.7 cm³/mol. The summed E-state index contributed by atoms with van der Waals surface area (Å²) >= 11 is 0. The molecule has 2 aromatic rings. The van der Waals surface area contributed by atoms with Crippen LogP contribution in [0.4, 0.5) is 4.39 Å². The van der Waals surface area contributed by atoms with E-state index >= 15 is 0 Å². The molecule has 1 aliphatic rings. The maximum absolute atomic E-state index is 12.9. The molecule has 1 N–H and O–H groups in total. The average molecular weight is 288 g/mol. The van der Waals surface area contributed by atoms with Crippen molar-refractivity contribution < 1.29 is 8.91 Å². The number of benzene rings is 1. The van der Waals surface area contributed by atoms with Gasteiger partial charge in [0.2, 0.25) is 0 Å². The van der Waals surface area contributed by atoms with Gasteiger partial charge in [-0.25, -0.2) is 4.39 Å². The van der Waals surface area contributed by atoms with Gasteiger partial charge in [0.25, 0.3) is 0 Å². The molecule has 0 spiro atoms. The van der Waals surface area contributed by atoms with E-state index in [1.165, 1.54) is 11.1 Å². The Balaban J connectivity index is 1.56. The number of rotatable bonds is 4. The third-order valence-corrected chi connectivity index (χ3v) is 4.49. The molecule has 3 rings (SSSR count). The molecule has 1 saturated carbocycles. The maximum atomic E-state index is 12.9. The molecule has 0 amide bonds. The van der Waals surface area contributed by atoms with E-state index < -0.39 is 0 Å². The first kappa shape index (κ1) is 14.3. The quantitative estimate of drug-likeness (QED) is 0.923. The lowest BCUT2D eigenvalue weighted by molar-refractivity contribution is 0.269. The second-order valence-corrected chi connectivity index (χ2v) is 6.04. The van der Waals surface area contributed by atoms with Gasteiger partial charge >= 0.3 is 0 Å². The van der Waals surface area contributed by atoms with Gasteiger partial charge in [0.05, 0.1) is 5.69 Å². The molecule has 1 atom stereocenters. The van der Waals surface area contributed by atoms with Crippen LogP contribution in [0.5, 0.6) is 0 Å². The zero-order valence-electron chi connectivity index (χ0n) is 12.7. The van der Waals surface area contributed by atoms with Crippen molar-refractivity contribution in [3.05, 3.63) is 52.7 Å². The molecule has 1 heterocycles. The lowest BCUT2D eigenvalue weighted by atomic mass is 9.75. The monoisotopic (exact) mass is 288 g/mol. The third-order valence-electron chi connectivity index (χ3n) is 4.49. The van der Waals surface area contributed by atoms with Crippen LogP contribution in [-0.2, 0) is 0 Å². The van der Waals surface area contributed by atoms with E-state index in [0.717, 1.165) is 24.3 Å². The predicted octanol–water partition coefficient (Wildman–Crippen LogP) is 4.03. The summed E-state index contributed by atoms with van der Waals surface area (Å²) in [4.78, 5) is 0. The van der Waals surface area contributed by atoms with Crippen molar-refractivity contribution in [1.82, 2.24) is 10.5 Å². The van der Waals surface area contributed by atoms with Gasteiger partial charge in [-0.2, -0.15) is 0 Å². The van der Waals surface area contributed by atoms with Crippen molar-refractivity contribution in [3.8, 4) is 0 Å². The molecule has 0 radical (unpaired) electrons. The lowest BCUT2D eigenvalue weighted by Gasteiger charge is -2.38. The first-order valence-corrected chi connectivity index (χ1v) is 7.49. The first-order valence-electron chi connectivity index (χ1n) is 7.49. The van der Waals surface area contributed by atoms with Crippen LogP contribution in [0.2, 0.25) is 0 Å². The minimum absolute atomic E-state index is 0.167. The molecule has 1 aliphatic carbocycles. The number of aromatic nitrogens is 1. The fraction of sp³-hybridized carbons (Fsp3) is 0.471. The average Bonchev–Trinajstić information content (AvgIpc) is 2.74. The minimum Gasteiger partial charge on any atom is -0.361 e. The standard InChI is InChI=1S/C17H21FN2O/c1-10(17-11(2)20-21-12(17)3)19-16-8-14(9-16)13-4-6-15(18)7-5-13/h4-7,10,14,16,19H,8-9H2,1-3H3. The third kappa shape index (κ3) is 2.86. The number of hydrogen-bond donors (Lipinski definition) is 1. The molecule has 1 unspecified atom stereocenters. The SMILES string of the molecule is Cc1noc(C)c1C(C)NC1CC(c2ccc(F)cc2)C1. The molecule has 112 valence electrons. The summed E-state index contributed by atoms with van der Waals surface area (Å²) < 4.78 is 18.2. The Morgan fingerprint density at radius 3 is 2.48 bits per heavy atom. The maximum Gasteiger partial charge on any atom is 0.138 e. The molecule has 4 heteroatoms. The molecule has 21 heavy (non-hydrogen) atoms. The highest BCUT2D eigenvalue weighted by atomic mass is 19.1. The zero-order chi connectivity index (χ0) is 15.0. The van der Waals surface area contributed by atoms with E-state index in [1.807, 2.05) is 26.0 Å². The Morgan fingerprint density at radius 2 is 1.90 bits per heavy atom. The van der Waals surface area contributed by atoms with Crippen molar-refractivity contribution in [2.75, 3.05) is 0 Å². The van der Waals surface area contributed by atoms with Crippen LogP contribution in [0.1, 0.15) is 54.3 Å². The Kier molecular flexibility index (Phi) is 3.81. The molecule has 0 saturated heterocycles. The highest BCUT2D eigenvalue weighted by molar-refractivity contribution is 5.26. The fourth-order valence-electron chi connectivity index (χ4n) is 3.31. The molecule has 1 fully saturated rings. The molecule has 0 aliphatic heterocycles. The van der Waals surface area contributed by atoms with Crippen molar-refractivity contribution in [1.29, 1.82) is 0 Å². The molecular formula is C17H21FN2O. The Labute approximate surface area is 124 Å². The number of halogens is 1. The second kappa shape index (κ2) is 5.60. The molecule has 0 bridgehead atoms. The molecule has 1 aromatic carbocycles. The molecular weight excluding hydrogens is 267 g/mol. The van der Waals surface area contributed by atoms with Gasteiger partial charge in [0.15, 0.2) is 0 Å². The van der Waals surface area contributed by atoms with Crippen molar-refractivity contribution in [3.63, 3.8) is 0 Å². The van der Waals surface area contributed by atoms with E-state index in [1.54, 1.807) is 12.1 Å². The van der Waals surface area contributed by atoms with Crippen LogP contribution >= 0.6 is 0 Å². The molecule has 1 aromatic heterocycles. The van der Waals surface area contributed by atoms with Crippen LogP contribution < -0.4 is 5.32 Å². The van der Waals surface area contributed by atoms with E-state index in [0.29, 0.717) is 12.0 Å². The number of nitrogens with zero attached hydrogens (tertiary/aromatic N) is 1. The van der Waals surface area contributed by atoms with Gasteiger partial charge in [-0.3, -0.25) is 0 Å². The Bertz CT molecular complexity index is 595. The first-order chi connectivity index (χ1) is 10.0. The summed E-state index contributed by atoms with van der Waals surface area (Å²) in [6, 6.07) is 7.63. The number of nitrogens with one attached hydrogen (secondary N) is 1. The number of hydrogen-bond acceptors (Lipinski definition) is 3. The summed E-state index contributed by atoms with van der Waals surface area (Å²) in [6.45, 7) is 6.08. The van der Waals surface area contributed by atoms with Crippen molar-refractivity contribution >= 4 is 0 Å². The largest absolute Gasteiger partial charge is 0.361 e. The van der Waals surface area contributed by atoms with Crippen LogP contribution in [0.15, 0.2) is 28.8 Å². The smallest absolute Gasteiger partial charge is 0.138 e. The van der Waals surface area contributed by atoms with Gasteiger partial charge in [-0.05, 0) is 57.2 Å². The number of aryl methyl sites for hydroxylation is 2. The van der Waals surface area contributed by atoms with E-state index in [9.17, 15) is 4.39 Å². The summed E-state index contributed by atoms with van der Waals surface area (Å²) in [6.07, 6.45) is 2.19. The topological polar surface area (TPSA) is 38.1 Å². The van der Waals surface area contributed by atoms with Crippen LogP contribution in [0.25, 0.3) is 0 Å². The van der Waals surface area contributed by atoms with E-state index in [4.69, 9.17) is 4.52 Å². The Hall–Kier alpha value is -1.68. The Morgan fingerprint density at radius 1 is 1.24 bits per heavy atom. The fourth-order valence-corrected chi connectivity index (χ4v) is 3.31. The zero-order valence-corrected chi connectivity index (χ0v) is 12.7. The second-order valence-electron chi connectivity index (χ2n) is 6.04. The van der Waals surface area contributed by atoms with Gasteiger partial charge in [-0.15, -0.1) is 0 Å². The lowest BCUT2D eigenvalue weighted by Crippen LogP contribution is -2.41. The van der Waals surface area contributed by atoms with E-state index in [-0.39, 0.29) is 11.9 Å². The van der Waals surface area contributed by atoms with Crippen LogP contribution in [0.3, 0.4) is 0 Å². The van der Waals surface area contributed by atoms with Crippen molar-refractivity contribution in [2.45, 2.75) is 51.6 Å². The minimum atomic E-state index is -0.167. The summed E-state index contributed by atoms with van der Waals surface area (Å²) in [7, 11) is 0. The van der Waals surface area contributed by atoms with Gasteiger partial charge in [0, 0.05) is 17.6 Å². The van der Waals surface area contributed by atoms with Gasteiger partial charge < -0.3 is 9.84 Å². The normalized spacial score (nSPS) is 22.9. The molecule has 3 nitrogen and oxygen atoms in total. The summed E-state index contributed by atoms with van der Waals surface area (Å²) in [5, 5.41) is 7.65. The van der Waals surface area contributed by atoms with Crippen LogP contribution in [0, 0.1) is 19.7 Å². The van der Waals surface area contributed by atoms with Gasteiger partial charge in [-0.1, -0.05) is 17.3 Å². The van der Waals surface area contributed by atoms with Crippen LogP contribution in [-0.4, -0.2) is 11.2 Å².